The summed E-state index contributed by atoms with van der Waals surface area (Å²) in [6.07, 6.45) is 4.50. The Balaban J connectivity index is 1.98. The average Bonchev–Trinajstić information content (AvgIpc) is 2.75. The molecule has 16 heavy (non-hydrogen) atoms. The second kappa shape index (κ2) is 4.28. The Hall–Kier alpha value is -1.32. The van der Waals surface area contributed by atoms with Crippen LogP contribution in [0, 0.1) is 11.8 Å². The molecule has 4 heteroatoms. The lowest BCUT2D eigenvalue weighted by molar-refractivity contribution is -0.128. The van der Waals surface area contributed by atoms with E-state index in [1.807, 2.05) is 24.3 Å². The Labute approximate surface area is 96.2 Å². The van der Waals surface area contributed by atoms with Crippen molar-refractivity contribution in [2.24, 2.45) is 18.9 Å². The fourth-order valence-corrected chi connectivity index (χ4v) is 2.18. The number of hydrogen-bond donors (Lipinski definition) is 0. The molecule has 1 aliphatic rings. The Morgan fingerprint density at radius 3 is 2.81 bits per heavy atom. The predicted molar refractivity (Wildman–Crippen MR) is 61.6 cm³/mol. The van der Waals surface area contributed by atoms with Gasteiger partial charge in [0.2, 0.25) is 5.91 Å². The van der Waals surface area contributed by atoms with Crippen molar-refractivity contribution >= 4 is 5.91 Å². The first-order chi connectivity index (χ1) is 7.56. The van der Waals surface area contributed by atoms with Gasteiger partial charge in [-0.1, -0.05) is 13.8 Å². The highest BCUT2D eigenvalue weighted by Gasteiger charge is 2.31. The Morgan fingerprint density at radius 2 is 2.31 bits per heavy atom. The van der Waals surface area contributed by atoms with Gasteiger partial charge in [-0.25, -0.2) is 0 Å². The maximum atomic E-state index is 11.8. The number of carbonyl (C=O) groups is 1. The van der Waals surface area contributed by atoms with Crippen LogP contribution >= 0.6 is 0 Å². The van der Waals surface area contributed by atoms with Crippen molar-refractivity contribution in [1.29, 1.82) is 0 Å². The minimum absolute atomic E-state index is 0.280. The SMILES string of the molecule is CC(C)[C@H]1CC(=O)N(Cc2cnn(C)c2)C1. The van der Waals surface area contributed by atoms with Gasteiger partial charge in [-0.15, -0.1) is 0 Å². The third kappa shape index (κ3) is 2.26. The molecule has 2 heterocycles. The molecule has 0 N–H and O–H groups in total. The molecular formula is C12H19N3O. The van der Waals surface area contributed by atoms with Crippen LogP contribution < -0.4 is 0 Å². The van der Waals surface area contributed by atoms with Gasteiger partial charge in [0.05, 0.1) is 6.20 Å². The number of amides is 1. The molecule has 2 rings (SSSR count). The summed E-state index contributed by atoms with van der Waals surface area (Å²) >= 11 is 0. The maximum absolute atomic E-state index is 11.8. The van der Waals surface area contributed by atoms with Crippen molar-refractivity contribution in [3.8, 4) is 0 Å². The molecule has 1 saturated heterocycles. The molecule has 0 radical (unpaired) electrons. The molecule has 1 aromatic rings. The molecule has 0 unspecified atom stereocenters. The highest BCUT2D eigenvalue weighted by molar-refractivity contribution is 5.78. The summed E-state index contributed by atoms with van der Waals surface area (Å²) in [7, 11) is 1.90. The van der Waals surface area contributed by atoms with Crippen LogP contribution in [0.15, 0.2) is 12.4 Å². The standard InChI is InChI=1S/C12H19N3O/c1-9(2)11-4-12(16)15(8-11)7-10-5-13-14(3)6-10/h5-6,9,11H,4,7-8H2,1-3H3/t11-/m0/s1. The molecule has 1 fully saturated rings. The molecule has 1 aliphatic heterocycles. The zero-order valence-electron chi connectivity index (χ0n) is 10.2. The summed E-state index contributed by atoms with van der Waals surface area (Å²) in [6, 6.07) is 0. The molecule has 88 valence electrons. The molecular weight excluding hydrogens is 202 g/mol. The van der Waals surface area contributed by atoms with Crippen LogP contribution in [0.1, 0.15) is 25.8 Å². The zero-order valence-corrected chi connectivity index (χ0v) is 10.2. The number of rotatable bonds is 3. The number of aromatic nitrogens is 2. The fourth-order valence-electron chi connectivity index (χ4n) is 2.18. The second-order valence-electron chi connectivity index (χ2n) is 5.00. The molecule has 1 aromatic heterocycles. The van der Waals surface area contributed by atoms with E-state index in [9.17, 15) is 4.79 Å². The Kier molecular flexibility index (Phi) is 2.99. The zero-order chi connectivity index (χ0) is 11.7. The molecule has 0 aliphatic carbocycles. The van der Waals surface area contributed by atoms with E-state index in [0.717, 1.165) is 12.1 Å². The number of hydrogen-bond acceptors (Lipinski definition) is 2. The second-order valence-corrected chi connectivity index (χ2v) is 5.00. The van der Waals surface area contributed by atoms with E-state index in [1.54, 1.807) is 4.68 Å². The van der Waals surface area contributed by atoms with Crippen molar-refractivity contribution in [3.63, 3.8) is 0 Å². The van der Waals surface area contributed by atoms with Gasteiger partial charge >= 0.3 is 0 Å². The van der Waals surface area contributed by atoms with E-state index in [2.05, 4.69) is 18.9 Å². The highest BCUT2D eigenvalue weighted by Crippen LogP contribution is 2.25. The molecule has 0 saturated carbocycles. The summed E-state index contributed by atoms with van der Waals surface area (Å²) in [5.41, 5.74) is 1.11. The van der Waals surface area contributed by atoms with Crippen LogP contribution in [-0.4, -0.2) is 27.1 Å². The smallest absolute Gasteiger partial charge is 0.223 e. The van der Waals surface area contributed by atoms with Crippen molar-refractivity contribution in [1.82, 2.24) is 14.7 Å². The van der Waals surface area contributed by atoms with Gasteiger partial charge in [0.25, 0.3) is 0 Å². The number of likely N-dealkylation sites (tertiary alicyclic amines) is 1. The van der Waals surface area contributed by atoms with E-state index < -0.39 is 0 Å². The van der Waals surface area contributed by atoms with Gasteiger partial charge in [-0.05, 0) is 11.8 Å². The molecule has 4 nitrogen and oxygen atoms in total. The van der Waals surface area contributed by atoms with Gasteiger partial charge in [0.15, 0.2) is 0 Å². The first-order valence-corrected chi connectivity index (χ1v) is 5.81. The van der Waals surface area contributed by atoms with E-state index in [0.29, 0.717) is 24.8 Å². The van der Waals surface area contributed by atoms with Crippen molar-refractivity contribution in [3.05, 3.63) is 18.0 Å². The first kappa shape index (κ1) is 11.2. The third-order valence-electron chi connectivity index (χ3n) is 3.32. The lowest BCUT2D eigenvalue weighted by atomic mass is 9.95. The topological polar surface area (TPSA) is 38.1 Å². The number of aryl methyl sites for hydroxylation is 1. The lowest BCUT2D eigenvalue weighted by Crippen LogP contribution is -2.24. The Morgan fingerprint density at radius 1 is 1.56 bits per heavy atom. The van der Waals surface area contributed by atoms with Crippen LogP contribution in [-0.2, 0) is 18.4 Å². The van der Waals surface area contributed by atoms with E-state index in [-0.39, 0.29) is 5.91 Å². The summed E-state index contributed by atoms with van der Waals surface area (Å²) in [6.45, 7) is 5.97. The molecule has 1 atom stereocenters. The number of nitrogens with zero attached hydrogens (tertiary/aromatic N) is 3. The maximum Gasteiger partial charge on any atom is 0.223 e. The largest absolute Gasteiger partial charge is 0.338 e. The van der Waals surface area contributed by atoms with Crippen molar-refractivity contribution in [2.45, 2.75) is 26.8 Å². The van der Waals surface area contributed by atoms with Crippen LogP contribution in [0.25, 0.3) is 0 Å². The highest BCUT2D eigenvalue weighted by atomic mass is 16.2. The first-order valence-electron chi connectivity index (χ1n) is 5.81. The summed E-state index contributed by atoms with van der Waals surface area (Å²) in [5.74, 6) is 1.38. The van der Waals surface area contributed by atoms with Crippen LogP contribution in [0.2, 0.25) is 0 Å². The van der Waals surface area contributed by atoms with Gasteiger partial charge in [-0.2, -0.15) is 5.10 Å². The van der Waals surface area contributed by atoms with Crippen LogP contribution in [0.3, 0.4) is 0 Å². The van der Waals surface area contributed by atoms with Gasteiger partial charge in [0.1, 0.15) is 0 Å². The third-order valence-corrected chi connectivity index (χ3v) is 3.32. The van der Waals surface area contributed by atoms with E-state index in [4.69, 9.17) is 0 Å². The monoisotopic (exact) mass is 221 g/mol. The van der Waals surface area contributed by atoms with Gasteiger partial charge in [0, 0.05) is 38.3 Å². The van der Waals surface area contributed by atoms with Crippen molar-refractivity contribution < 1.29 is 4.79 Å². The molecule has 1 amide bonds. The molecule has 0 bridgehead atoms. The fraction of sp³-hybridized carbons (Fsp3) is 0.667. The van der Waals surface area contributed by atoms with Gasteiger partial charge < -0.3 is 4.90 Å². The predicted octanol–water partition coefficient (Wildman–Crippen LogP) is 1.42. The summed E-state index contributed by atoms with van der Waals surface area (Å²) < 4.78 is 1.77. The van der Waals surface area contributed by atoms with E-state index >= 15 is 0 Å². The minimum Gasteiger partial charge on any atom is -0.338 e. The van der Waals surface area contributed by atoms with Crippen molar-refractivity contribution in [2.75, 3.05) is 6.54 Å². The van der Waals surface area contributed by atoms with E-state index in [1.165, 1.54) is 0 Å². The molecule has 0 aromatic carbocycles. The lowest BCUT2D eigenvalue weighted by Gasteiger charge is -2.17. The van der Waals surface area contributed by atoms with Gasteiger partial charge in [-0.3, -0.25) is 9.48 Å². The van der Waals surface area contributed by atoms with Crippen LogP contribution in [0.5, 0.6) is 0 Å². The normalized spacial score (nSPS) is 21.1. The van der Waals surface area contributed by atoms with Crippen LogP contribution in [0.4, 0.5) is 0 Å². The molecule has 0 spiro atoms. The quantitative estimate of drug-likeness (QED) is 0.774. The Bertz CT molecular complexity index is 383. The number of carbonyl (C=O) groups excluding carboxylic acids is 1. The minimum atomic E-state index is 0.280. The summed E-state index contributed by atoms with van der Waals surface area (Å²) in [4.78, 5) is 13.7. The average molecular weight is 221 g/mol. The summed E-state index contributed by atoms with van der Waals surface area (Å²) in [5, 5.41) is 4.12.